The van der Waals surface area contributed by atoms with E-state index < -0.39 is 0 Å². The molecule has 6 nitrogen and oxygen atoms in total. The van der Waals surface area contributed by atoms with Gasteiger partial charge >= 0.3 is 0 Å². The number of hydrogen-bond acceptors (Lipinski definition) is 4. The SMILES string of the molecule is CN(Cc1cnn(C)c1)C(=O)c1cccnc1N1CCCC1. The van der Waals surface area contributed by atoms with Crippen molar-refractivity contribution in [3.8, 4) is 0 Å². The lowest BCUT2D eigenvalue weighted by Gasteiger charge is -2.22. The zero-order valence-electron chi connectivity index (χ0n) is 13.1. The van der Waals surface area contributed by atoms with Gasteiger partial charge in [-0.25, -0.2) is 4.98 Å². The Labute approximate surface area is 130 Å². The van der Waals surface area contributed by atoms with E-state index in [1.54, 1.807) is 22.0 Å². The quantitative estimate of drug-likeness (QED) is 0.862. The van der Waals surface area contributed by atoms with Crippen LogP contribution in [0, 0.1) is 0 Å². The van der Waals surface area contributed by atoms with Crippen LogP contribution in [0.3, 0.4) is 0 Å². The average Bonchev–Trinajstić information content (AvgIpc) is 3.18. The van der Waals surface area contributed by atoms with E-state index in [0.717, 1.165) is 37.3 Å². The van der Waals surface area contributed by atoms with Gasteiger partial charge in [-0.3, -0.25) is 9.48 Å². The molecule has 0 spiro atoms. The Morgan fingerprint density at radius 1 is 1.36 bits per heavy atom. The first kappa shape index (κ1) is 14.6. The highest BCUT2D eigenvalue weighted by Gasteiger charge is 2.22. The molecule has 0 aromatic carbocycles. The number of amides is 1. The summed E-state index contributed by atoms with van der Waals surface area (Å²) in [5.74, 6) is 0.807. The number of carbonyl (C=O) groups excluding carboxylic acids is 1. The van der Waals surface area contributed by atoms with Crippen LogP contribution in [-0.2, 0) is 13.6 Å². The van der Waals surface area contributed by atoms with Crippen molar-refractivity contribution >= 4 is 11.7 Å². The maximum Gasteiger partial charge on any atom is 0.257 e. The zero-order chi connectivity index (χ0) is 15.5. The van der Waals surface area contributed by atoms with E-state index in [9.17, 15) is 4.79 Å². The molecule has 1 aliphatic heterocycles. The summed E-state index contributed by atoms with van der Waals surface area (Å²) in [5, 5.41) is 4.14. The molecule has 116 valence electrons. The van der Waals surface area contributed by atoms with E-state index in [2.05, 4.69) is 15.0 Å². The minimum atomic E-state index is -0.00106. The van der Waals surface area contributed by atoms with Crippen LogP contribution in [-0.4, -0.2) is 45.7 Å². The Morgan fingerprint density at radius 2 is 2.14 bits per heavy atom. The summed E-state index contributed by atoms with van der Waals surface area (Å²) in [6, 6.07) is 3.69. The minimum absolute atomic E-state index is 0.00106. The largest absolute Gasteiger partial charge is 0.356 e. The molecule has 2 aromatic rings. The van der Waals surface area contributed by atoms with Crippen molar-refractivity contribution in [3.05, 3.63) is 41.9 Å². The zero-order valence-corrected chi connectivity index (χ0v) is 13.1. The normalized spacial score (nSPS) is 14.4. The topological polar surface area (TPSA) is 54.3 Å². The number of rotatable bonds is 4. The summed E-state index contributed by atoms with van der Waals surface area (Å²) in [6.07, 6.45) is 7.79. The lowest BCUT2D eigenvalue weighted by molar-refractivity contribution is 0.0785. The molecule has 1 amide bonds. The maximum absolute atomic E-state index is 12.8. The first-order chi connectivity index (χ1) is 10.6. The Morgan fingerprint density at radius 3 is 2.82 bits per heavy atom. The lowest BCUT2D eigenvalue weighted by Crippen LogP contribution is -2.29. The first-order valence-corrected chi connectivity index (χ1v) is 7.58. The molecule has 6 heteroatoms. The molecule has 3 rings (SSSR count). The van der Waals surface area contributed by atoms with Crippen LogP contribution in [0.2, 0.25) is 0 Å². The molecule has 0 bridgehead atoms. The molecule has 22 heavy (non-hydrogen) atoms. The second kappa shape index (κ2) is 6.17. The molecule has 0 saturated carbocycles. The van der Waals surface area contributed by atoms with Gasteiger partial charge in [-0.05, 0) is 25.0 Å². The number of aromatic nitrogens is 3. The predicted octanol–water partition coefficient (Wildman–Crippen LogP) is 1.69. The van der Waals surface area contributed by atoms with E-state index in [1.807, 2.05) is 32.4 Å². The van der Waals surface area contributed by atoms with Crippen LogP contribution < -0.4 is 4.90 Å². The summed E-state index contributed by atoms with van der Waals surface area (Å²) in [4.78, 5) is 21.1. The number of pyridine rings is 1. The summed E-state index contributed by atoms with van der Waals surface area (Å²) in [5.41, 5.74) is 1.70. The van der Waals surface area contributed by atoms with E-state index in [-0.39, 0.29) is 5.91 Å². The maximum atomic E-state index is 12.8. The molecular formula is C16H21N5O. The third kappa shape index (κ3) is 2.95. The third-order valence-corrected chi connectivity index (χ3v) is 3.95. The summed E-state index contributed by atoms with van der Waals surface area (Å²) >= 11 is 0. The van der Waals surface area contributed by atoms with Crippen molar-refractivity contribution in [1.82, 2.24) is 19.7 Å². The van der Waals surface area contributed by atoms with Crippen LogP contribution in [0.25, 0.3) is 0 Å². The monoisotopic (exact) mass is 299 g/mol. The second-order valence-electron chi connectivity index (χ2n) is 5.75. The predicted molar refractivity (Wildman–Crippen MR) is 84.7 cm³/mol. The van der Waals surface area contributed by atoms with E-state index in [0.29, 0.717) is 12.1 Å². The standard InChI is InChI=1S/C16H21N5O/c1-19(11-13-10-18-20(2)12-13)16(22)14-6-5-7-17-15(14)21-8-3-4-9-21/h5-7,10,12H,3-4,8-9,11H2,1-2H3. The smallest absolute Gasteiger partial charge is 0.257 e. The molecule has 0 radical (unpaired) electrons. The molecule has 1 saturated heterocycles. The molecule has 1 aliphatic rings. The summed E-state index contributed by atoms with van der Waals surface area (Å²) in [7, 11) is 3.69. The number of nitrogens with zero attached hydrogens (tertiary/aromatic N) is 5. The molecule has 3 heterocycles. The highest BCUT2D eigenvalue weighted by atomic mass is 16.2. The van der Waals surface area contributed by atoms with Crippen LogP contribution in [0.15, 0.2) is 30.7 Å². The highest BCUT2D eigenvalue weighted by Crippen LogP contribution is 2.23. The number of anilines is 1. The van der Waals surface area contributed by atoms with Crippen LogP contribution in [0.4, 0.5) is 5.82 Å². The molecule has 2 aromatic heterocycles. The first-order valence-electron chi connectivity index (χ1n) is 7.58. The van der Waals surface area contributed by atoms with Gasteiger partial charge in [0.2, 0.25) is 0 Å². The lowest BCUT2D eigenvalue weighted by atomic mass is 10.2. The number of hydrogen-bond donors (Lipinski definition) is 0. The minimum Gasteiger partial charge on any atom is -0.356 e. The van der Waals surface area contributed by atoms with E-state index >= 15 is 0 Å². The molecular weight excluding hydrogens is 278 g/mol. The molecule has 1 fully saturated rings. The molecule has 0 aliphatic carbocycles. The van der Waals surface area contributed by atoms with Crippen molar-refractivity contribution in [2.45, 2.75) is 19.4 Å². The van der Waals surface area contributed by atoms with Gasteiger partial charge in [-0.1, -0.05) is 0 Å². The van der Waals surface area contributed by atoms with Gasteiger partial charge in [0, 0.05) is 51.7 Å². The fourth-order valence-corrected chi connectivity index (χ4v) is 2.85. The second-order valence-corrected chi connectivity index (χ2v) is 5.75. The van der Waals surface area contributed by atoms with Crippen LogP contribution in [0.5, 0.6) is 0 Å². The van der Waals surface area contributed by atoms with Gasteiger partial charge in [0.05, 0.1) is 11.8 Å². The summed E-state index contributed by atoms with van der Waals surface area (Å²) < 4.78 is 1.74. The third-order valence-electron chi connectivity index (χ3n) is 3.95. The van der Waals surface area contributed by atoms with Gasteiger partial charge in [-0.2, -0.15) is 5.10 Å². The fraction of sp³-hybridized carbons (Fsp3) is 0.438. The summed E-state index contributed by atoms with van der Waals surface area (Å²) in [6.45, 7) is 2.49. The molecule has 0 unspecified atom stereocenters. The Bertz CT molecular complexity index is 660. The average molecular weight is 299 g/mol. The van der Waals surface area contributed by atoms with Gasteiger partial charge in [-0.15, -0.1) is 0 Å². The number of aryl methyl sites for hydroxylation is 1. The van der Waals surface area contributed by atoms with Crippen molar-refractivity contribution in [2.75, 3.05) is 25.0 Å². The molecule has 0 atom stereocenters. The van der Waals surface area contributed by atoms with Crippen molar-refractivity contribution in [1.29, 1.82) is 0 Å². The Hall–Kier alpha value is -2.37. The van der Waals surface area contributed by atoms with Gasteiger partial charge in [0.15, 0.2) is 0 Å². The van der Waals surface area contributed by atoms with E-state index in [4.69, 9.17) is 0 Å². The van der Waals surface area contributed by atoms with E-state index in [1.165, 1.54) is 0 Å². The Kier molecular flexibility index (Phi) is 4.09. The number of carbonyl (C=O) groups is 1. The van der Waals surface area contributed by atoms with Crippen LogP contribution >= 0.6 is 0 Å². The fourth-order valence-electron chi connectivity index (χ4n) is 2.85. The van der Waals surface area contributed by atoms with Crippen molar-refractivity contribution < 1.29 is 4.79 Å². The van der Waals surface area contributed by atoms with Crippen molar-refractivity contribution in [3.63, 3.8) is 0 Å². The Balaban J connectivity index is 1.79. The molecule has 0 N–H and O–H groups in total. The van der Waals surface area contributed by atoms with Gasteiger partial charge in [0.25, 0.3) is 5.91 Å². The van der Waals surface area contributed by atoms with Gasteiger partial charge < -0.3 is 9.80 Å². The van der Waals surface area contributed by atoms with Gasteiger partial charge in [0.1, 0.15) is 5.82 Å². The highest BCUT2D eigenvalue weighted by molar-refractivity contribution is 5.98. The van der Waals surface area contributed by atoms with Crippen molar-refractivity contribution in [2.24, 2.45) is 7.05 Å². The van der Waals surface area contributed by atoms with Crippen LogP contribution in [0.1, 0.15) is 28.8 Å².